The molecule has 0 aromatic rings. The van der Waals surface area contributed by atoms with Crippen molar-refractivity contribution in [2.24, 2.45) is 17.4 Å². The van der Waals surface area contributed by atoms with Gasteiger partial charge in [0.25, 0.3) is 0 Å². The second-order valence-corrected chi connectivity index (χ2v) is 18.1. The first-order valence-corrected chi connectivity index (χ1v) is 23.6. The van der Waals surface area contributed by atoms with Crippen LogP contribution in [0.2, 0.25) is 0 Å². The minimum atomic E-state index is -1.40. The number of nitrogens with one attached hydrogen (secondary N) is 2. The van der Waals surface area contributed by atoms with Crippen LogP contribution in [0.1, 0.15) is 174 Å². The van der Waals surface area contributed by atoms with E-state index in [0.717, 1.165) is 95.9 Å². The number of aliphatic hydroxyl groups excluding tert-OH is 1. The van der Waals surface area contributed by atoms with Crippen LogP contribution in [0, 0.1) is 5.92 Å². The van der Waals surface area contributed by atoms with Gasteiger partial charge >= 0.3 is 11.9 Å². The molecule has 0 aromatic carbocycles. The topological polar surface area (TPSA) is 185 Å². The van der Waals surface area contributed by atoms with Crippen molar-refractivity contribution >= 4 is 17.8 Å². The van der Waals surface area contributed by atoms with Crippen molar-refractivity contribution in [3.8, 4) is 0 Å². The number of rotatable bonds is 25. The lowest BCUT2D eigenvalue weighted by Crippen LogP contribution is -2.79. The highest BCUT2D eigenvalue weighted by Crippen LogP contribution is 2.50. The Bertz CT molecular complexity index is 1350. The fourth-order valence-corrected chi connectivity index (χ4v) is 10.3. The van der Waals surface area contributed by atoms with Gasteiger partial charge in [0.1, 0.15) is 0 Å². The van der Waals surface area contributed by atoms with Gasteiger partial charge in [0.15, 0.2) is 11.6 Å². The smallest absolute Gasteiger partial charge is 0.353 e. The Labute approximate surface area is 349 Å². The third-order valence-electron chi connectivity index (χ3n) is 13.4. The standard InChI is InChI=1S/C45H80N6O7/c1-3-38-22-16-17-26-43(58-38)33-36-24-28-45(55)40(44(27-19-21-35(2)57-44)49-42(48-43)51(36)45)41(54)56-32-18-14-12-10-8-6-4-5-7-9-11-13-15-23-39(53)50(31-20-29-46)34-37(52)25-30-47/h16,22,35-38,40,52,55H,3-15,17-21,23-34,46-47H2,1-2H3,(H,48,49)/p+1/t35-,36+,37?,38+,40-,43+,44-,45+/m1/s1. The van der Waals surface area contributed by atoms with Gasteiger partial charge in [0.2, 0.25) is 17.4 Å². The van der Waals surface area contributed by atoms with Crippen LogP contribution in [0.15, 0.2) is 12.2 Å². The van der Waals surface area contributed by atoms with E-state index in [0.29, 0.717) is 58.5 Å². The number of guanidine groups is 1. The van der Waals surface area contributed by atoms with Crippen molar-refractivity contribution < 1.29 is 38.6 Å². The normalized spacial score (nSPS) is 30.8. The Morgan fingerprint density at radius 1 is 0.931 bits per heavy atom. The second-order valence-electron chi connectivity index (χ2n) is 18.1. The minimum absolute atomic E-state index is 0.0389. The Kier molecular flexibility index (Phi) is 18.6. The molecule has 8 N–H and O–H groups in total. The highest BCUT2D eigenvalue weighted by atomic mass is 16.6. The van der Waals surface area contributed by atoms with Gasteiger partial charge < -0.3 is 40.8 Å². The van der Waals surface area contributed by atoms with Gasteiger partial charge in [-0.1, -0.05) is 89.7 Å². The Balaban J connectivity index is 0.963. The van der Waals surface area contributed by atoms with Crippen molar-refractivity contribution in [2.45, 2.75) is 216 Å². The van der Waals surface area contributed by atoms with E-state index in [1.54, 1.807) is 4.90 Å². The number of aliphatic hydroxyl groups is 2. The second kappa shape index (κ2) is 23.1. The molecular formula is C45H81N6O7+. The summed E-state index contributed by atoms with van der Waals surface area (Å²) < 4.78 is 21.5. The highest BCUT2D eigenvalue weighted by molar-refractivity contribution is 5.82. The summed E-state index contributed by atoms with van der Waals surface area (Å²) >= 11 is 0. The van der Waals surface area contributed by atoms with Crippen LogP contribution in [0.25, 0.3) is 0 Å². The molecule has 2 saturated heterocycles. The summed E-state index contributed by atoms with van der Waals surface area (Å²) in [6, 6.07) is 0.0462. The zero-order chi connectivity index (χ0) is 41.4. The number of hydrogen-bond acceptors (Lipinski definition) is 11. The number of nitrogens with zero attached hydrogens (tertiary/aromatic N) is 2. The number of carbonyl (C=O) groups is 2. The summed E-state index contributed by atoms with van der Waals surface area (Å²) in [5.41, 5.74) is 8.22. The molecule has 13 heteroatoms. The minimum Gasteiger partial charge on any atom is -0.465 e. The number of hydrogen-bond donors (Lipinski definition) is 6. The lowest BCUT2D eigenvalue weighted by atomic mass is 9.78. The van der Waals surface area contributed by atoms with Crippen LogP contribution in [0.5, 0.6) is 0 Å². The number of carbonyl (C=O) groups excluding carboxylic acids is 2. The van der Waals surface area contributed by atoms with Crippen molar-refractivity contribution in [3.63, 3.8) is 0 Å². The number of unbranched alkanes of at least 4 members (excludes halogenated alkanes) is 12. The first kappa shape index (κ1) is 46.8. The van der Waals surface area contributed by atoms with Crippen LogP contribution in [0.3, 0.4) is 0 Å². The summed E-state index contributed by atoms with van der Waals surface area (Å²) in [7, 11) is 0. The molecule has 5 aliphatic heterocycles. The van der Waals surface area contributed by atoms with Gasteiger partial charge in [-0.25, -0.2) is 15.2 Å². The average molecular weight is 818 g/mol. The predicted molar refractivity (Wildman–Crippen MR) is 227 cm³/mol. The number of amides is 1. The molecule has 2 spiro atoms. The molecule has 58 heavy (non-hydrogen) atoms. The Morgan fingerprint density at radius 3 is 2.28 bits per heavy atom. The van der Waals surface area contributed by atoms with E-state index in [4.69, 9.17) is 25.7 Å². The molecule has 5 heterocycles. The number of allylic oxidation sites excluding steroid dienone is 1. The molecule has 8 atom stereocenters. The Hall–Kier alpha value is -2.29. The predicted octanol–water partition coefficient (Wildman–Crippen LogP) is 5.44. The largest absolute Gasteiger partial charge is 0.465 e. The van der Waals surface area contributed by atoms with E-state index >= 15 is 0 Å². The van der Waals surface area contributed by atoms with Gasteiger partial charge in [-0.05, 0) is 77.8 Å². The van der Waals surface area contributed by atoms with Gasteiger partial charge in [0, 0.05) is 45.2 Å². The monoisotopic (exact) mass is 818 g/mol. The maximum absolute atomic E-state index is 14.1. The molecule has 0 bridgehead atoms. The molecule has 1 unspecified atom stereocenters. The number of nitrogens with two attached hydrogens (primary N) is 2. The summed E-state index contributed by atoms with van der Waals surface area (Å²) in [4.78, 5) is 28.6. The number of ether oxygens (including phenoxy) is 3. The lowest BCUT2D eigenvalue weighted by molar-refractivity contribution is -0.690. The van der Waals surface area contributed by atoms with E-state index in [1.807, 2.05) is 4.58 Å². The fraction of sp³-hybridized carbons (Fsp3) is 0.889. The van der Waals surface area contributed by atoms with E-state index in [1.165, 1.54) is 44.9 Å². The van der Waals surface area contributed by atoms with Crippen molar-refractivity contribution in [3.05, 3.63) is 12.2 Å². The number of esters is 1. The average Bonchev–Trinajstić information content (AvgIpc) is 3.40. The summed E-state index contributed by atoms with van der Waals surface area (Å²) in [6.07, 6.45) is 27.4. The van der Waals surface area contributed by atoms with Crippen LogP contribution < -0.4 is 22.1 Å². The Morgan fingerprint density at radius 2 is 1.62 bits per heavy atom. The fourth-order valence-electron chi connectivity index (χ4n) is 10.3. The molecular weight excluding hydrogens is 737 g/mol. The van der Waals surface area contributed by atoms with Crippen LogP contribution >= 0.6 is 0 Å². The third-order valence-corrected chi connectivity index (χ3v) is 13.4. The molecule has 0 radical (unpaired) electrons. The van der Waals surface area contributed by atoms with E-state index in [-0.39, 0.29) is 30.1 Å². The van der Waals surface area contributed by atoms with Crippen molar-refractivity contribution in [1.82, 2.24) is 15.5 Å². The molecule has 13 nitrogen and oxygen atoms in total. The maximum Gasteiger partial charge on any atom is 0.353 e. The molecule has 332 valence electrons. The van der Waals surface area contributed by atoms with Gasteiger partial charge in [-0.2, -0.15) is 0 Å². The summed E-state index contributed by atoms with van der Waals surface area (Å²) in [6.45, 7) is 6.46. The first-order valence-electron chi connectivity index (χ1n) is 23.6. The van der Waals surface area contributed by atoms with Gasteiger partial charge in [-0.3, -0.25) is 9.59 Å². The van der Waals surface area contributed by atoms with E-state index in [2.05, 4.69) is 36.6 Å². The van der Waals surface area contributed by atoms with Crippen molar-refractivity contribution in [1.29, 1.82) is 0 Å². The van der Waals surface area contributed by atoms with Crippen LogP contribution in [-0.4, -0.2) is 112 Å². The first-order chi connectivity index (χ1) is 28.1. The molecule has 0 aliphatic carbocycles. The lowest BCUT2D eigenvalue weighted by Gasteiger charge is -2.52. The molecule has 5 rings (SSSR count). The summed E-state index contributed by atoms with van der Waals surface area (Å²) in [5.74, 6) is -0.378. The molecule has 0 saturated carbocycles. The molecule has 5 aliphatic rings. The van der Waals surface area contributed by atoms with Gasteiger partial charge in [0.05, 0.1) is 31.0 Å². The molecule has 0 aromatic heterocycles. The zero-order valence-corrected chi connectivity index (χ0v) is 36.2. The zero-order valence-electron chi connectivity index (χ0n) is 36.2. The SMILES string of the molecule is CC[C@H]1C=CCC[C@@]2(C[C@@H]3CC[C@]4(O)[C@H](C(=O)OCCCCCCCCCCCCCCCC(=O)N(CCCN)CC(O)CCN)[C@]5(CCC[C@@H](C)O5)NC(=[N+]34)N2)O1. The van der Waals surface area contributed by atoms with E-state index < -0.39 is 29.2 Å². The molecule has 1 amide bonds. The van der Waals surface area contributed by atoms with Crippen LogP contribution in [-0.2, 0) is 23.8 Å². The summed E-state index contributed by atoms with van der Waals surface area (Å²) in [5, 5.41) is 30.1. The quantitative estimate of drug-likeness (QED) is 0.0299. The van der Waals surface area contributed by atoms with Gasteiger partial charge in [-0.15, -0.1) is 0 Å². The highest BCUT2D eigenvalue weighted by Gasteiger charge is 2.71. The van der Waals surface area contributed by atoms with Crippen molar-refractivity contribution in [2.75, 3.05) is 32.8 Å². The van der Waals surface area contributed by atoms with Crippen LogP contribution in [0.4, 0.5) is 0 Å². The van der Waals surface area contributed by atoms with E-state index in [9.17, 15) is 19.8 Å². The molecule has 2 fully saturated rings. The maximum atomic E-state index is 14.1. The third kappa shape index (κ3) is 12.4.